The fourth-order valence-corrected chi connectivity index (χ4v) is 4.81. The summed E-state index contributed by atoms with van der Waals surface area (Å²) < 4.78 is 11.4. The highest BCUT2D eigenvalue weighted by atomic mass is 35.5. The summed E-state index contributed by atoms with van der Waals surface area (Å²) in [5.41, 5.74) is 4.87. The van der Waals surface area contributed by atoms with Gasteiger partial charge in [0, 0.05) is 21.4 Å². The number of methoxy groups -OCH3 is 2. The third-order valence-corrected chi connectivity index (χ3v) is 6.70. The Hall–Kier alpha value is -3.07. The zero-order valence-corrected chi connectivity index (χ0v) is 20.8. The van der Waals surface area contributed by atoms with Crippen LogP contribution in [0.15, 0.2) is 59.3 Å². The minimum Gasteiger partial charge on any atom is -0.496 e. The lowest BCUT2D eigenvalue weighted by Gasteiger charge is -2.22. The van der Waals surface area contributed by atoms with E-state index in [-0.39, 0.29) is 16.1 Å². The fourth-order valence-electron chi connectivity index (χ4n) is 3.65. The number of carbonyl (C=O) groups excluding carboxylic acids is 1. The van der Waals surface area contributed by atoms with Crippen LogP contribution in [0.4, 0.5) is 11.4 Å². The minimum absolute atomic E-state index is 0.126. The standard InChI is InChI=1S/C25H25ClN2O5S/c1-14(2)5-12-21(34-25(29)15-6-8-16(26)9-7-15)17-13-20(32-3)22-18(27-30)10-11-19(28-31)23(22)24(17)33-4/h5-11,13,21,27,30H,12H2,1-4H3. The molecule has 7 nitrogen and oxygen atoms in total. The molecule has 178 valence electrons. The zero-order chi connectivity index (χ0) is 24.8. The molecule has 3 aromatic carbocycles. The number of ether oxygens (including phenoxy) is 2. The number of hydrogen-bond acceptors (Lipinski definition) is 8. The quantitative estimate of drug-likeness (QED) is 0.176. The second kappa shape index (κ2) is 11.4. The molecular weight excluding hydrogens is 476 g/mol. The first kappa shape index (κ1) is 25.6. The van der Waals surface area contributed by atoms with E-state index in [2.05, 4.69) is 10.7 Å². The number of carbonyl (C=O) groups is 1. The molecule has 0 amide bonds. The van der Waals surface area contributed by atoms with Crippen LogP contribution in [0.2, 0.25) is 5.02 Å². The molecule has 0 spiro atoms. The summed E-state index contributed by atoms with van der Waals surface area (Å²) in [5, 5.41) is 13.7. The zero-order valence-electron chi connectivity index (χ0n) is 19.2. The fraction of sp³-hybridized carbons (Fsp3) is 0.240. The predicted octanol–water partition coefficient (Wildman–Crippen LogP) is 7.68. The van der Waals surface area contributed by atoms with Crippen molar-refractivity contribution in [1.82, 2.24) is 0 Å². The van der Waals surface area contributed by atoms with Crippen LogP contribution in [0.25, 0.3) is 10.8 Å². The molecule has 2 N–H and O–H groups in total. The summed E-state index contributed by atoms with van der Waals surface area (Å²) in [5.74, 6) is 0.778. The van der Waals surface area contributed by atoms with Crippen molar-refractivity contribution in [3.05, 3.63) is 75.2 Å². The lowest BCUT2D eigenvalue weighted by Crippen LogP contribution is -2.05. The second-order valence-corrected chi connectivity index (χ2v) is 9.32. The molecule has 0 aliphatic carbocycles. The van der Waals surface area contributed by atoms with Gasteiger partial charge in [-0.15, -0.1) is 4.91 Å². The number of nitroso groups, excluding NO2 is 1. The molecule has 0 radical (unpaired) electrons. The number of allylic oxidation sites excluding steroid dienone is 2. The Kier molecular flexibility index (Phi) is 8.55. The van der Waals surface area contributed by atoms with Crippen LogP contribution in [-0.4, -0.2) is 24.5 Å². The van der Waals surface area contributed by atoms with Crippen LogP contribution in [-0.2, 0) is 0 Å². The van der Waals surface area contributed by atoms with Gasteiger partial charge in [0.2, 0.25) is 5.12 Å². The lowest BCUT2D eigenvalue weighted by atomic mass is 9.97. The largest absolute Gasteiger partial charge is 0.496 e. The molecule has 0 aliphatic rings. The van der Waals surface area contributed by atoms with Crippen molar-refractivity contribution in [2.75, 3.05) is 19.7 Å². The average Bonchev–Trinajstić information content (AvgIpc) is 2.84. The number of hydrogen-bond donors (Lipinski definition) is 2. The molecule has 0 aromatic heterocycles. The Morgan fingerprint density at radius 1 is 1.15 bits per heavy atom. The predicted molar refractivity (Wildman–Crippen MR) is 138 cm³/mol. The van der Waals surface area contributed by atoms with Crippen LogP contribution in [0.1, 0.15) is 41.4 Å². The van der Waals surface area contributed by atoms with Gasteiger partial charge in [-0.05, 0) is 67.9 Å². The van der Waals surface area contributed by atoms with Crippen molar-refractivity contribution >= 4 is 50.6 Å². The molecule has 1 unspecified atom stereocenters. The van der Waals surface area contributed by atoms with Crippen molar-refractivity contribution in [1.29, 1.82) is 0 Å². The molecule has 0 heterocycles. The summed E-state index contributed by atoms with van der Waals surface area (Å²) in [6.07, 6.45) is 2.56. The van der Waals surface area contributed by atoms with Crippen molar-refractivity contribution in [2.24, 2.45) is 5.18 Å². The normalized spacial score (nSPS) is 11.6. The van der Waals surface area contributed by atoms with Crippen molar-refractivity contribution in [3.63, 3.8) is 0 Å². The SMILES string of the molecule is COc1cc(C(CC=C(C)C)SC(=O)c2ccc(Cl)cc2)c(OC)c2c(N=O)ccc(NO)c12. The van der Waals surface area contributed by atoms with E-state index in [1.807, 2.05) is 19.9 Å². The number of anilines is 1. The van der Waals surface area contributed by atoms with E-state index < -0.39 is 0 Å². The van der Waals surface area contributed by atoms with E-state index in [1.54, 1.807) is 30.3 Å². The highest BCUT2D eigenvalue weighted by Crippen LogP contribution is 2.50. The maximum atomic E-state index is 13.1. The molecule has 0 fully saturated rings. The number of halogens is 1. The Labute approximate surface area is 207 Å². The molecule has 0 saturated carbocycles. The number of nitrogens with one attached hydrogen (secondary N) is 1. The van der Waals surface area contributed by atoms with Gasteiger partial charge in [0.15, 0.2) is 0 Å². The second-order valence-electron chi connectivity index (χ2n) is 7.70. The lowest BCUT2D eigenvalue weighted by molar-refractivity contribution is 0.108. The Balaban J connectivity index is 2.24. The summed E-state index contributed by atoms with van der Waals surface area (Å²) >= 11 is 7.11. The van der Waals surface area contributed by atoms with Crippen LogP contribution in [0.3, 0.4) is 0 Å². The number of benzene rings is 3. The third kappa shape index (κ3) is 5.35. The Morgan fingerprint density at radius 3 is 2.41 bits per heavy atom. The van der Waals surface area contributed by atoms with Gasteiger partial charge < -0.3 is 9.47 Å². The van der Waals surface area contributed by atoms with Gasteiger partial charge in [-0.1, -0.05) is 35.0 Å². The van der Waals surface area contributed by atoms with Crippen molar-refractivity contribution < 1.29 is 19.5 Å². The molecule has 34 heavy (non-hydrogen) atoms. The van der Waals surface area contributed by atoms with Gasteiger partial charge in [-0.3, -0.25) is 15.5 Å². The molecule has 0 bridgehead atoms. The van der Waals surface area contributed by atoms with Gasteiger partial charge >= 0.3 is 0 Å². The first-order chi connectivity index (χ1) is 16.3. The maximum absolute atomic E-state index is 13.1. The topological polar surface area (TPSA) is 97.2 Å². The van der Waals surface area contributed by atoms with Crippen molar-refractivity contribution in [3.8, 4) is 11.5 Å². The molecule has 3 aromatic rings. The number of rotatable bonds is 9. The smallest absolute Gasteiger partial charge is 0.219 e. The van der Waals surface area contributed by atoms with Gasteiger partial charge in [-0.2, -0.15) is 0 Å². The van der Waals surface area contributed by atoms with Gasteiger partial charge in [-0.25, -0.2) is 0 Å². The first-order valence-corrected chi connectivity index (χ1v) is 11.6. The van der Waals surface area contributed by atoms with Crippen LogP contribution < -0.4 is 15.0 Å². The average molecular weight is 501 g/mol. The van der Waals surface area contributed by atoms with Gasteiger partial charge in [0.25, 0.3) is 0 Å². The number of fused-ring (bicyclic) bond motifs is 1. The molecule has 9 heteroatoms. The van der Waals surface area contributed by atoms with Gasteiger partial charge in [0.05, 0.1) is 30.7 Å². The number of thioether (sulfide) groups is 1. The van der Waals surface area contributed by atoms with E-state index >= 15 is 0 Å². The minimum atomic E-state index is -0.364. The van der Waals surface area contributed by atoms with E-state index in [1.165, 1.54) is 26.4 Å². The van der Waals surface area contributed by atoms with Crippen LogP contribution in [0, 0.1) is 4.91 Å². The highest BCUT2D eigenvalue weighted by Gasteiger charge is 2.27. The molecular formula is C25H25ClN2O5S. The Morgan fingerprint density at radius 2 is 1.85 bits per heavy atom. The highest BCUT2D eigenvalue weighted by molar-refractivity contribution is 8.14. The van der Waals surface area contributed by atoms with Crippen LogP contribution in [0.5, 0.6) is 11.5 Å². The molecule has 1 atom stereocenters. The van der Waals surface area contributed by atoms with E-state index in [9.17, 15) is 14.9 Å². The van der Waals surface area contributed by atoms with Crippen molar-refractivity contribution in [2.45, 2.75) is 25.5 Å². The summed E-state index contributed by atoms with van der Waals surface area (Å²) in [6.45, 7) is 3.96. The first-order valence-electron chi connectivity index (χ1n) is 10.4. The third-order valence-electron chi connectivity index (χ3n) is 5.26. The van der Waals surface area contributed by atoms with E-state index in [0.29, 0.717) is 50.5 Å². The summed E-state index contributed by atoms with van der Waals surface area (Å²) in [7, 11) is 2.98. The monoisotopic (exact) mass is 500 g/mol. The maximum Gasteiger partial charge on any atom is 0.219 e. The van der Waals surface area contributed by atoms with Gasteiger partial charge in [0.1, 0.15) is 17.2 Å². The molecule has 0 saturated heterocycles. The number of nitrogens with zero attached hydrogens (tertiary/aromatic N) is 1. The Bertz CT molecular complexity index is 1240. The molecule has 0 aliphatic heterocycles. The summed E-state index contributed by atoms with van der Waals surface area (Å²) in [4.78, 5) is 24.8. The van der Waals surface area contributed by atoms with E-state index in [0.717, 1.165) is 17.3 Å². The van der Waals surface area contributed by atoms with Crippen LogP contribution >= 0.6 is 23.4 Å². The molecule has 3 rings (SSSR count). The van der Waals surface area contributed by atoms with E-state index in [4.69, 9.17) is 21.1 Å². The summed E-state index contributed by atoms with van der Waals surface area (Å²) in [6, 6.07) is 11.5.